The molecule has 1 aromatic heterocycles. The average molecular weight is 235 g/mol. The number of benzene rings is 1. The van der Waals surface area contributed by atoms with E-state index in [0.29, 0.717) is 11.1 Å². The van der Waals surface area contributed by atoms with Gasteiger partial charge in [0.2, 0.25) is 0 Å². The van der Waals surface area contributed by atoms with Crippen molar-refractivity contribution in [2.45, 2.75) is 6.92 Å². The minimum Gasteiger partial charge on any atom is -0.461 e. The van der Waals surface area contributed by atoms with Gasteiger partial charge in [0, 0.05) is 0 Å². The summed E-state index contributed by atoms with van der Waals surface area (Å²) in [6.07, 6.45) is 1.29. The highest BCUT2D eigenvalue weighted by atomic mass is 19.1. The fraction of sp³-hybridized carbons (Fsp3) is 0.167. The van der Waals surface area contributed by atoms with Crippen LogP contribution in [0.1, 0.15) is 17.4 Å². The van der Waals surface area contributed by atoms with Crippen LogP contribution in [-0.2, 0) is 4.74 Å². The third kappa shape index (κ3) is 2.33. The standard InChI is InChI=1S/C12H10FNO3/c1-2-16-12(15)11-10(7-17-14-11)8-4-3-5-9(13)6-8/h3-7H,2H2,1H3. The third-order valence-corrected chi connectivity index (χ3v) is 2.17. The summed E-state index contributed by atoms with van der Waals surface area (Å²) in [6, 6.07) is 5.83. The Labute approximate surface area is 97.0 Å². The SMILES string of the molecule is CCOC(=O)c1nocc1-c1cccc(F)c1. The molecule has 0 radical (unpaired) electrons. The molecule has 4 nitrogen and oxygen atoms in total. The summed E-state index contributed by atoms with van der Waals surface area (Å²) in [7, 11) is 0. The number of hydrogen-bond acceptors (Lipinski definition) is 4. The quantitative estimate of drug-likeness (QED) is 0.767. The first-order chi connectivity index (χ1) is 8.22. The molecule has 0 unspecified atom stereocenters. The highest BCUT2D eigenvalue weighted by Gasteiger charge is 2.18. The molecule has 0 aliphatic rings. The monoisotopic (exact) mass is 235 g/mol. The summed E-state index contributed by atoms with van der Waals surface area (Å²) >= 11 is 0. The van der Waals surface area contributed by atoms with Gasteiger partial charge in [-0.3, -0.25) is 0 Å². The van der Waals surface area contributed by atoms with Gasteiger partial charge in [0.25, 0.3) is 0 Å². The van der Waals surface area contributed by atoms with Gasteiger partial charge < -0.3 is 9.26 Å². The Morgan fingerprint density at radius 3 is 3.06 bits per heavy atom. The molecule has 5 heteroatoms. The van der Waals surface area contributed by atoms with Crippen molar-refractivity contribution in [3.05, 3.63) is 42.0 Å². The summed E-state index contributed by atoms with van der Waals surface area (Å²) in [5, 5.41) is 3.57. The van der Waals surface area contributed by atoms with Gasteiger partial charge in [-0.15, -0.1) is 0 Å². The van der Waals surface area contributed by atoms with E-state index < -0.39 is 11.8 Å². The Morgan fingerprint density at radius 2 is 2.35 bits per heavy atom. The van der Waals surface area contributed by atoms with Gasteiger partial charge in [-0.1, -0.05) is 17.3 Å². The smallest absolute Gasteiger partial charge is 0.361 e. The lowest BCUT2D eigenvalue weighted by Gasteiger charge is -2.01. The van der Waals surface area contributed by atoms with E-state index in [1.54, 1.807) is 19.1 Å². The number of rotatable bonds is 3. The molecule has 0 aliphatic heterocycles. The minimum absolute atomic E-state index is 0.0532. The first-order valence-corrected chi connectivity index (χ1v) is 5.09. The number of halogens is 1. The molecule has 17 heavy (non-hydrogen) atoms. The zero-order valence-corrected chi connectivity index (χ0v) is 9.14. The van der Waals surface area contributed by atoms with Crippen LogP contribution < -0.4 is 0 Å². The number of aromatic nitrogens is 1. The van der Waals surface area contributed by atoms with E-state index in [9.17, 15) is 9.18 Å². The Bertz CT molecular complexity index is 536. The second-order valence-corrected chi connectivity index (χ2v) is 3.31. The molecule has 1 aromatic carbocycles. The number of carbonyl (C=O) groups is 1. The first-order valence-electron chi connectivity index (χ1n) is 5.09. The van der Waals surface area contributed by atoms with Crippen molar-refractivity contribution in [1.29, 1.82) is 0 Å². The maximum atomic E-state index is 13.1. The van der Waals surface area contributed by atoms with Crippen molar-refractivity contribution in [3.8, 4) is 11.1 Å². The molecule has 2 aromatic rings. The lowest BCUT2D eigenvalue weighted by atomic mass is 10.1. The molecule has 0 amide bonds. The summed E-state index contributed by atoms with van der Waals surface area (Å²) in [5.74, 6) is -0.973. The van der Waals surface area contributed by atoms with Gasteiger partial charge >= 0.3 is 5.97 Å². The summed E-state index contributed by atoms with van der Waals surface area (Å²) < 4.78 is 22.6. The lowest BCUT2D eigenvalue weighted by molar-refractivity contribution is 0.0515. The fourth-order valence-corrected chi connectivity index (χ4v) is 1.44. The molecule has 0 bridgehead atoms. The molecule has 0 N–H and O–H groups in total. The van der Waals surface area contributed by atoms with Crippen LogP contribution >= 0.6 is 0 Å². The van der Waals surface area contributed by atoms with E-state index in [0.717, 1.165) is 0 Å². The van der Waals surface area contributed by atoms with Crippen LogP contribution in [0.2, 0.25) is 0 Å². The molecule has 88 valence electrons. The van der Waals surface area contributed by atoms with Gasteiger partial charge in [-0.25, -0.2) is 9.18 Å². The average Bonchev–Trinajstić information content (AvgIpc) is 2.78. The molecule has 0 aliphatic carbocycles. The number of esters is 1. The highest BCUT2D eigenvalue weighted by Crippen LogP contribution is 2.24. The third-order valence-electron chi connectivity index (χ3n) is 2.17. The second kappa shape index (κ2) is 4.78. The lowest BCUT2D eigenvalue weighted by Crippen LogP contribution is -2.06. The number of ether oxygens (including phenoxy) is 1. The van der Waals surface area contributed by atoms with Crippen molar-refractivity contribution in [1.82, 2.24) is 5.16 Å². The van der Waals surface area contributed by atoms with Gasteiger partial charge in [0.05, 0.1) is 12.2 Å². The van der Waals surface area contributed by atoms with Crippen LogP contribution in [0.3, 0.4) is 0 Å². The summed E-state index contributed by atoms with van der Waals surface area (Å²) in [5.41, 5.74) is 0.995. The molecule has 0 atom stereocenters. The van der Waals surface area contributed by atoms with Gasteiger partial charge in [0.15, 0.2) is 5.69 Å². The largest absolute Gasteiger partial charge is 0.461 e. The van der Waals surface area contributed by atoms with E-state index >= 15 is 0 Å². The van der Waals surface area contributed by atoms with E-state index in [1.807, 2.05) is 0 Å². The predicted octanol–water partition coefficient (Wildman–Crippen LogP) is 2.66. The molecule has 0 fully saturated rings. The van der Waals surface area contributed by atoms with Gasteiger partial charge in [0.1, 0.15) is 12.1 Å². The Balaban J connectivity index is 2.40. The maximum absolute atomic E-state index is 13.1. The van der Waals surface area contributed by atoms with Crippen molar-refractivity contribution >= 4 is 5.97 Å². The van der Waals surface area contributed by atoms with E-state index in [4.69, 9.17) is 9.26 Å². The van der Waals surface area contributed by atoms with E-state index in [-0.39, 0.29) is 12.3 Å². The fourth-order valence-electron chi connectivity index (χ4n) is 1.44. The van der Waals surface area contributed by atoms with E-state index in [2.05, 4.69) is 5.16 Å². The number of hydrogen-bond donors (Lipinski definition) is 0. The minimum atomic E-state index is -0.583. The van der Waals surface area contributed by atoms with Crippen LogP contribution in [-0.4, -0.2) is 17.7 Å². The molecular formula is C12H10FNO3. The zero-order valence-electron chi connectivity index (χ0n) is 9.14. The molecule has 0 spiro atoms. The van der Waals surface area contributed by atoms with Gasteiger partial charge in [-0.05, 0) is 24.6 Å². The summed E-state index contributed by atoms with van der Waals surface area (Å²) in [6.45, 7) is 1.94. The maximum Gasteiger partial charge on any atom is 0.361 e. The molecular weight excluding hydrogens is 225 g/mol. The van der Waals surface area contributed by atoms with Crippen LogP contribution in [0.5, 0.6) is 0 Å². The second-order valence-electron chi connectivity index (χ2n) is 3.31. The number of nitrogens with zero attached hydrogens (tertiary/aromatic N) is 1. The molecule has 1 heterocycles. The van der Waals surface area contributed by atoms with Crippen LogP contribution in [0.15, 0.2) is 35.1 Å². The molecule has 0 saturated carbocycles. The van der Waals surface area contributed by atoms with Crippen molar-refractivity contribution in [3.63, 3.8) is 0 Å². The molecule has 0 saturated heterocycles. The Hall–Kier alpha value is -2.17. The highest BCUT2D eigenvalue weighted by molar-refractivity contribution is 5.94. The van der Waals surface area contributed by atoms with Crippen LogP contribution in [0, 0.1) is 5.82 Å². The van der Waals surface area contributed by atoms with Crippen molar-refractivity contribution < 1.29 is 18.4 Å². The van der Waals surface area contributed by atoms with Crippen molar-refractivity contribution in [2.24, 2.45) is 0 Å². The normalized spacial score (nSPS) is 10.2. The summed E-state index contributed by atoms with van der Waals surface area (Å²) in [4.78, 5) is 11.5. The Morgan fingerprint density at radius 1 is 1.53 bits per heavy atom. The van der Waals surface area contributed by atoms with E-state index in [1.165, 1.54) is 18.4 Å². The molecule has 2 rings (SSSR count). The first kappa shape index (κ1) is 11.3. The van der Waals surface area contributed by atoms with Crippen LogP contribution in [0.25, 0.3) is 11.1 Å². The van der Waals surface area contributed by atoms with Crippen molar-refractivity contribution in [2.75, 3.05) is 6.61 Å². The zero-order chi connectivity index (χ0) is 12.3. The van der Waals surface area contributed by atoms with Crippen LogP contribution in [0.4, 0.5) is 4.39 Å². The van der Waals surface area contributed by atoms with Gasteiger partial charge in [-0.2, -0.15) is 0 Å². The topological polar surface area (TPSA) is 52.3 Å². The Kier molecular flexibility index (Phi) is 3.18. The number of carbonyl (C=O) groups excluding carboxylic acids is 1. The predicted molar refractivity (Wildman–Crippen MR) is 57.9 cm³/mol.